The number of nitrogens with one attached hydrogen (secondary N) is 1. The van der Waals surface area contributed by atoms with Crippen LogP contribution in [-0.2, 0) is 0 Å². The van der Waals surface area contributed by atoms with Crippen molar-refractivity contribution < 1.29 is 14.2 Å². The van der Waals surface area contributed by atoms with Gasteiger partial charge in [-0.2, -0.15) is 5.26 Å². The quantitative estimate of drug-likeness (QED) is 0.470. The second kappa shape index (κ2) is 9.01. The molecule has 0 saturated heterocycles. The van der Waals surface area contributed by atoms with E-state index in [-0.39, 0.29) is 6.10 Å². The van der Waals surface area contributed by atoms with Crippen molar-refractivity contribution >= 4 is 38.6 Å². The molecule has 0 saturated carbocycles. The summed E-state index contributed by atoms with van der Waals surface area (Å²) < 4.78 is 17.5. The summed E-state index contributed by atoms with van der Waals surface area (Å²) in [5.41, 5.74) is 2.76. The van der Waals surface area contributed by atoms with Gasteiger partial charge in [0.2, 0.25) is 0 Å². The van der Waals surface area contributed by atoms with Crippen LogP contribution in [0.1, 0.15) is 31.7 Å². The predicted octanol–water partition coefficient (Wildman–Crippen LogP) is 5.58. The lowest BCUT2D eigenvalue weighted by Crippen LogP contribution is -2.11. The summed E-state index contributed by atoms with van der Waals surface area (Å²) in [6.07, 6.45) is 2.70. The summed E-state index contributed by atoms with van der Waals surface area (Å²) in [5.74, 6) is 2.46. The van der Waals surface area contributed by atoms with Crippen molar-refractivity contribution in [3.8, 4) is 23.3 Å². The Morgan fingerprint density at radius 3 is 2.72 bits per heavy atom. The zero-order valence-electron chi connectivity index (χ0n) is 16.7. The maximum Gasteiger partial charge on any atom is 0.175 e. The van der Waals surface area contributed by atoms with E-state index in [1.54, 1.807) is 20.3 Å². The lowest BCUT2D eigenvalue weighted by molar-refractivity contribution is 0.206. The molecule has 0 fully saturated rings. The molecule has 3 aromatic rings. The third kappa shape index (κ3) is 4.54. The standard InChI is InChI=1S/C22H22BrN3O3/c1-5-13(2)29-21-17(23)9-14(10-20(21)28-4)8-15(12-24)22-25-18-7-6-16(27-3)11-19(18)26-22/h6-11,13H,5H2,1-4H3,(H,25,26)/b15-8-/t13-/m0/s1. The first-order valence-corrected chi connectivity index (χ1v) is 9.98. The molecule has 0 spiro atoms. The molecule has 0 bridgehead atoms. The van der Waals surface area contributed by atoms with Gasteiger partial charge in [0.25, 0.3) is 0 Å². The largest absolute Gasteiger partial charge is 0.497 e. The van der Waals surface area contributed by atoms with Crippen molar-refractivity contribution in [1.29, 1.82) is 5.26 Å². The fourth-order valence-corrected chi connectivity index (χ4v) is 3.34. The number of hydrogen-bond donors (Lipinski definition) is 1. The molecular weight excluding hydrogens is 434 g/mol. The lowest BCUT2D eigenvalue weighted by atomic mass is 10.1. The molecule has 1 N–H and O–H groups in total. The van der Waals surface area contributed by atoms with Crippen molar-refractivity contribution in [1.82, 2.24) is 9.97 Å². The van der Waals surface area contributed by atoms with Crippen LogP contribution in [0, 0.1) is 11.3 Å². The van der Waals surface area contributed by atoms with Crippen LogP contribution in [0.5, 0.6) is 17.2 Å². The Morgan fingerprint density at radius 2 is 2.07 bits per heavy atom. The van der Waals surface area contributed by atoms with E-state index in [4.69, 9.17) is 14.2 Å². The molecule has 3 rings (SSSR count). The zero-order chi connectivity index (χ0) is 21.0. The normalized spacial score (nSPS) is 12.5. The molecule has 0 radical (unpaired) electrons. The number of ether oxygens (including phenoxy) is 3. The number of imidazole rings is 1. The number of allylic oxidation sites excluding steroid dienone is 1. The van der Waals surface area contributed by atoms with Crippen molar-refractivity contribution in [2.75, 3.05) is 14.2 Å². The molecule has 0 aliphatic carbocycles. The van der Waals surface area contributed by atoms with E-state index in [2.05, 4.69) is 38.9 Å². The van der Waals surface area contributed by atoms with Crippen LogP contribution in [0.25, 0.3) is 22.7 Å². The second-order valence-corrected chi connectivity index (χ2v) is 7.36. The second-order valence-electron chi connectivity index (χ2n) is 6.51. The smallest absolute Gasteiger partial charge is 0.175 e. The van der Waals surface area contributed by atoms with Gasteiger partial charge in [-0.05, 0) is 65.2 Å². The minimum atomic E-state index is 0.0591. The third-order valence-electron chi connectivity index (χ3n) is 4.52. The molecule has 150 valence electrons. The Bertz CT molecular complexity index is 1100. The van der Waals surface area contributed by atoms with E-state index >= 15 is 0 Å². The molecule has 1 aromatic heterocycles. The Labute approximate surface area is 178 Å². The molecular formula is C22H22BrN3O3. The molecule has 1 atom stereocenters. The maximum atomic E-state index is 9.70. The first-order valence-electron chi connectivity index (χ1n) is 9.19. The number of methoxy groups -OCH3 is 2. The molecule has 7 heteroatoms. The highest BCUT2D eigenvalue weighted by Gasteiger charge is 2.15. The average molecular weight is 456 g/mol. The van der Waals surface area contributed by atoms with Gasteiger partial charge < -0.3 is 19.2 Å². The maximum absolute atomic E-state index is 9.70. The van der Waals surface area contributed by atoms with Gasteiger partial charge in [0.05, 0.1) is 41.4 Å². The number of nitriles is 1. The van der Waals surface area contributed by atoms with Gasteiger partial charge in [-0.1, -0.05) is 6.92 Å². The Kier molecular flexibility index (Phi) is 6.45. The van der Waals surface area contributed by atoms with Crippen LogP contribution in [0.4, 0.5) is 0 Å². The molecule has 0 aliphatic heterocycles. The van der Waals surface area contributed by atoms with E-state index in [1.807, 2.05) is 37.3 Å². The van der Waals surface area contributed by atoms with Crippen LogP contribution in [0.3, 0.4) is 0 Å². The van der Waals surface area contributed by atoms with E-state index in [9.17, 15) is 5.26 Å². The topological polar surface area (TPSA) is 80.2 Å². The van der Waals surface area contributed by atoms with Crippen molar-refractivity contribution in [3.63, 3.8) is 0 Å². The summed E-state index contributed by atoms with van der Waals surface area (Å²) in [4.78, 5) is 7.70. The summed E-state index contributed by atoms with van der Waals surface area (Å²) in [5, 5.41) is 9.70. The van der Waals surface area contributed by atoms with Crippen LogP contribution in [-0.4, -0.2) is 30.3 Å². The highest BCUT2D eigenvalue weighted by molar-refractivity contribution is 9.10. The first-order chi connectivity index (χ1) is 14.0. The van der Waals surface area contributed by atoms with Gasteiger partial charge in [0.1, 0.15) is 17.6 Å². The molecule has 0 amide bonds. The number of hydrogen-bond acceptors (Lipinski definition) is 5. The number of benzene rings is 2. The highest BCUT2D eigenvalue weighted by Crippen LogP contribution is 2.38. The number of aromatic amines is 1. The van der Waals surface area contributed by atoms with Gasteiger partial charge in [-0.15, -0.1) is 0 Å². The predicted molar refractivity (Wildman–Crippen MR) is 117 cm³/mol. The fraction of sp³-hybridized carbons (Fsp3) is 0.273. The summed E-state index contributed by atoms with van der Waals surface area (Å²) in [7, 11) is 3.20. The van der Waals surface area contributed by atoms with Crippen molar-refractivity contribution in [2.24, 2.45) is 0 Å². The Morgan fingerprint density at radius 1 is 1.28 bits per heavy atom. The molecule has 29 heavy (non-hydrogen) atoms. The van der Waals surface area contributed by atoms with Gasteiger partial charge in [-0.3, -0.25) is 0 Å². The number of nitrogens with zero attached hydrogens (tertiary/aromatic N) is 2. The SMILES string of the molecule is CC[C@H](C)Oc1c(Br)cc(/C=C(/C#N)c2nc3ccc(OC)cc3[nH]2)cc1OC. The van der Waals surface area contributed by atoms with E-state index < -0.39 is 0 Å². The number of halogens is 1. The van der Waals surface area contributed by atoms with Crippen LogP contribution >= 0.6 is 15.9 Å². The lowest BCUT2D eigenvalue weighted by Gasteiger charge is -2.17. The molecule has 6 nitrogen and oxygen atoms in total. The molecule has 1 heterocycles. The van der Waals surface area contributed by atoms with E-state index in [0.717, 1.165) is 33.2 Å². The van der Waals surface area contributed by atoms with Gasteiger partial charge in [-0.25, -0.2) is 4.98 Å². The minimum absolute atomic E-state index is 0.0591. The number of aromatic nitrogens is 2. The van der Waals surface area contributed by atoms with E-state index in [0.29, 0.717) is 22.9 Å². The van der Waals surface area contributed by atoms with E-state index in [1.165, 1.54) is 0 Å². The fourth-order valence-electron chi connectivity index (χ4n) is 2.79. The van der Waals surface area contributed by atoms with Crippen LogP contribution < -0.4 is 14.2 Å². The minimum Gasteiger partial charge on any atom is -0.497 e. The Hall–Kier alpha value is -2.98. The Balaban J connectivity index is 2.01. The van der Waals surface area contributed by atoms with Gasteiger partial charge >= 0.3 is 0 Å². The zero-order valence-corrected chi connectivity index (χ0v) is 18.3. The van der Waals surface area contributed by atoms with Crippen LogP contribution in [0.15, 0.2) is 34.8 Å². The molecule has 0 unspecified atom stereocenters. The van der Waals surface area contributed by atoms with Crippen LogP contribution in [0.2, 0.25) is 0 Å². The average Bonchev–Trinajstić information content (AvgIpc) is 3.16. The molecule has 2 aromatic carbocycles. The summed E-state index contributed by atoms with van der Waals surface area (Å²) in [6, 6.07) is 11.5. The monoisotopic (exact) mass is 455 g/mol. The summed E-state index contributed by atoms with van der Waals surface area (Å²) in [6.45, 7) is 4.06. The number of fused-ring (bicyclic) bond motifs is 1. The summed E-state index contributed by atoms with van der Waals surface area (Å²) >= 11 is 3.55. The van der Waals surface area contributed by atoms with Gasteiger partial charge in [0, 0.05) is 6.07 Å². The number of rotatable bonds is 7. The van der Waals surface area contributed by atoms with Gasteiger partial charge in [0.15, 0.2) is 11.5 Å². The van der Waals surface area contributed by atoms with Crippen molar-refractivity contribution in [2.45, 2.75) is 26.4 Å². The highest BCUT2D eigenvalue weighted by atomic mass is 79.9. The number of H-pyrrole nitrogens is 1. The third-order valence-corrected chi connectivity index (χ3v) is 5.11. The van der Waals surface area contributed by atoms with Crippen molar-refractivity contribution in [3.05, 3.63) is 46.2 Å². The first kappa shape index (κ1) is 20.7. The molecule has 0 aliphatic rings.